The Kier molecular flexibility index (Phi) is 7.95. The van der Waals surface area contributed by atoms with Gasteiger partial charge < -0.3 is 4.74 Å². The lowest BCUT2D eigenvalue weighted by atomic mass is 10.2. The van der Waals surface area contributed by atoms with E-state index in [4.69, 9.17) is 16.3 Å². The second kappa shape index (κ2) is 11.5. The second-order valence-electron chi connectivity index (χ2n) is 7.07. The molecule has 0 saturated carbocycles. The standard InChI is InChI=1S/C25H22ClN5O2S/c1-2-33-22-13-11-21(12-14-22)31-24(19-8-4-3-5-9-19)29-30-25(31)34-17-23(32)28-27-16-18-7-6-10-20(26)15-18/h3-16H,2,17H2,1H3,(H,28,32)/b27-16+. The van der Waals surface area contributed by atoms with Gasteiger partial charge in [-0.2, -0.15) is 5.10 Å². The number of carbonyl (C=O) groups is 1. The molecule has 0 fully saturated rings. The van der Waals surface area contributed by atoms with Crippen molar-refractivity contribution in [2.75, 3.05) is 12.4 Å². The van der Waals surface area contributed by atoms with Crippen molar-refractivity contribution in [2.45, 2.75) is 12.1 Å². The Hall–Kier alpha value is -3.62. The molecule has 9 heteroatoms. The Morgan fingerprint density at radius 3 is 2.62 bits per heavy atom. The van der Waals surface area contributed by atoms with Gasteiger partial charge in [0.25, 0.3) is 5.91 Å². The van der Waals surface area contributed by atoms with Gasteiger partial charge in [-0.15, -0.1) is 10.2 Å². The normalized spacial score (nSPS) is 11.0. The molecule has 0 spiro atoms. The van der Waals surface area contributed by atoms with Gasteiger partial charge in [0.1, 0.15) is 5.75 Å². The van der Waals surface area contributed by atoms with Crippen LogP contribution in [0.2, 0.25) is 5.02 Å². The Balaban J connectivity index is 1.51. The molecule has 0 radical (unpaired) electrons. The van der Waals surface area contributed by atoms with Crippen LogP contribution in [0.25, 0.3) is 17.1 Å². The summed E-state index contributed by atoms with van der Waals surface area (Å²) < 4.78 is 7.49. The number of hydrogen-bond acceptors (Lipinski definition) is 6. The van der Waals surface area contributed by atoms with Gasteiger partial charge in [0.2, 0.25) is 0 Å². The Labute approximate surface area is 206 Å². The van der Waals surface area contributed by atoms with Crippen LogP contribution in [0.15, 0.2) is 89.1 Å². The molecule has 4 aromatic rings. The quantitative estimate of drug-likeness (QED) is 0.197. The average molecular weight is 492 g/mol. The summed E-state index contributed by atoms with van der Waals surface area (Å²) >= 11 is 7.24. The van der Waals surface area contributed by atoms with Gasteiger partial charge in [-0.25, -0.2) is 5.43 Å². The Morgan fingerprint density at radius 2 is 1.88 bits per heavy atom. The van der Waals surface area contributed by atoms with Crippen LogP contribution in [0, 0.1) is 0 Å². The number of amides is 1. The number of carbonyl (C=O) groups excluding carboxylic acids is 1. The summed E-state index contributed by atoms with van der Waals surface area (Å²) in [6, 6.07) is 24.7. The highest BCUT2D eigenvalue weighted by molar-refractivity contribution is 7.99. The molecular weight excluding hydrogens is 470 g/mol. The van der Waals surface area contributed by atoms with E-state index < -0.39 is 0 Å². The fraction of sp³-hybridized carbons (Fsp3) is 0.120. The van der Waals surface area contributed by atoms with E-state index in [0.717, 1.165) is 22.6 Å². The van der Waals surface area contributed by atoms with Crippen LogP contribution in [-0.2, 0) is 4.79 Å². The predicted molar refractivity (Wildman–Crippen MR) is 136 cm³/mol. The van der Waals surface area contributed by atoms with E-state index in [1.165, 1.54) is 11.8 Å². The van der Waals surface area contributed by atoms with Crippen molar-refractivity contribution in [2.24, 2.45) is 5.10 Å². The topological polar surface area (TPSA) is 81.4 Å². The van der Waals surface area contributed by atoms with Crippen LogP contribution in [0.5, 0.6) is 5.75 Å². The van der Waals surface area contributed by atoms with Crippen molar-refractivity contribution >= 4 is 35.5 Å². The molecule has 172 valence electrons. The van der Waals surface area contributed by atoms with E-state index in [9.17, 15) is 4.79 Å². The smallest absolute Gasteiger partial charge is 0.250 e. The van der Waals surface area contributed by atoms with Crippen molar-refractivity contribution in [3.8, 4) is 22.8 Å². The molecule has 4 rings (SSSR count). The molecule has 0 aliphatic carbocycles. The van der Waals surface area contributed by atoms with Gasteiger partial charge in [-0.05, 0) is 48.9 Å². The molecule has 34 heavy (non-hydrogen) atoms. The number of nitrogens with zero attached hydrogens (tertiary/aromatic N) is 4. The third kappa shape index (κ3) is 6.03. The first-order valence-electron chi connectivity index (χ1n) is 10.6. The number of benzene rings is 3. The third-order valence-electron chi connectivity index (χ3n) is 4.66. The number of nitrogens with one attached hydrogen (secondary N) is 1. The summed E-state index contributed by atoms with van der Waals surface area (Å²) in [6.07, 6.45) is 1.55. The van der Waals surface area contributed by atoms with Gasteiger partial charge in [-0.3, -0.25) is 9.36 Å². The van der Waals surface area contributed by atoms with E-state index in [0.29, 0.717) is 22.6 Å². The molecule has 0 unspecified atom stereocenters. The molecule has 0 bridgehead atoms. The van der Waals surface area contributed by atoms with E-state index in [1.54, 1.807) is 18.3 Å². The minimum atomic E-state index is -0.259. The van der Waals surface area contributed by atoms with E-state index in [2.05, 4.69) is 20.7 Å². The van der Waals surface area contributed by atoms with Crippen LogP contribution >= 0.6 is 23.4 Å². The largest absolute Gasteiger partial charge is 0.494 e. The molecule has 0 aliphatic rings. The third-order valence-corrected chi connectivity index (χ3v) is 5.82. The molecule has 3 aromatic carbocycles. The zero-order chi connectivity index (χ0) is 23.8. The maximum atomic E-state index is 12.4. The summed E-state index contributed by atoms with van der Waals surface area (Å²) in [5.41, 5.74) is 5.12. The SMILES string of the molecule is CCOc1ccc(-n2c(SCC(=O)N/N=C/c3cccc(Cl)c3)nnc2-c2ccccc2)cc1. The van der Waals surface area contributed by atoms with Crippen LogP contribution in [0.1, 0.15) is 12.5 Å². The number of rotatable bonds is 9. The highest BCUT2D eigenvalue weighted by Crippen LogP contribution is 2.28. The number of hydrazone groups is 1. The maximum Gasteiger partial charge on any atom is 0.250 e. The summed E-state index contributed by atoms with van der Waals surface area (Å²) in [4.78, 5) is 12.4. The molecule has 7 nitrogen and oxygen atoms in total. The van der Waals surface area contributed by atoms with Crippen LogP contribution < -0.4 is 10.2 Å². The number of hydrogen-bond donors (Lipinski definition) is 1. The number of thioether (sulfide) groups is 1. The summed E-state index contributed by atoms with van der Waals surface area (Å²) in [6.45, 7) is 2.54. The predicted octanol–water partition coefficient (Wildman–Crippen LogP) is 5.23. The zero-order valence-electron chi connectivity index (χ0n) is 18.4. The highest BCUT2D eigenvalue weighted by atomic mass is 35.5. The Bertz CT molecular complexity index is 1280. The van der Waals surface area contributed by atoms with E-state index in [1.807, 2.05) is 78.2 Å². The van der Waals surface area contributed by atoms with Crippen molar-refractivity contribution in [1.29, 1.82) is 0 Å². The monoisotopic (exact) mass is 491 g/mol. The molecule has 0 atom stereocenters. The summed E-state index contributed by atoms with van der Waals surface area (Å²) in [7, 11) is 0. The van der Waals surface area contributed by atoms with Gasteiger partial charge in [-0.1, -0.05) is 65.8 Å². The number of halogens is 1. The lowest BCUT2D eigenvalue weighted by Gasteiger charge is -2.11. The van der Waals surface area contributed by atoms with Crippen molar-refractivity contribution in [3.63, 3.8) is 0 Å². The first kappa shape index (κ1) is 23.5. The number of aromatic nitrogens is 3. The molecule has 0 saturated heterocycles. The first-order valence-corrected chi connectivity index (χ1v) is 11.9. The van der Waals surface area contributed by atoms with E-state index >= 15 is 0 Å². The van der Waals surface area contributed by atoms with Crippen LogP contribution in [0.4, 0.5) is 0 Å². The highest BCUT2D eigenvalue weighted by Gasteiger charge is 2.17. The number of ether oxygens (including phenoxy) is 1. The zero-order valence-corrected chi connectivity index (χ0v) is 20.0. The molecule has 1 heterocycles. The molecular formula is C25H22ClN5O2S. The van der Waals surface area contributed by atoms with Crippen molar-refractivity contribution < 1.29 is 9.53 Å². The van der Waals surface area contributed by atoms with Crippen LogP contribution in [0.3, 0.4) is 0 Å². The average Bonchev–Trinajstić information content (AvgIpc) is 3.28. The van der Waals surface area contributed by atoms with Gasteiger partial charge in [0, 0.05) is 16.3 Å². The molecule has 1 N–H and O–H groups in total. The lowest BCUT2D eigenvalue weighted by Crippen LogP contribution is -2.20. The van der Waals surface area contributed by atoms with E-state index in [-0.39, 0.29) is 11.7 Å². The first-order chi connectivity index (χ1) is 16.6. The summed E-state index contributed by atoms with van der Waals surface area (Å²) in [5, 5.41) is 13.9. The van der Waals surface area contributed by atoms with Gasteiger partial charge in [0.05, 0.1) is 18.6 Å². The van der Waals surface area contributed by atoms with Crippen molar-refractivity contribution in [3.05, 3.63) is 89.4 Å². The summed E-state index contributed by atoms with van der Waals surface area (Å²) in [5.74, 6) is 1.33. The molecule has 0 aliphatic heterocycles. The molecule has 1 amide bonds. The van der Waals surface area contributed by atoms with Gasteiger partial charge >= 0.3 is 0 Å². The van der Waals surface area contributed by atoms with Crippen molar-refractivity contribution in [1.82, 2.24) is 20.2 Å². The fourth-order valence-electron chi connectivity index (χ4n) is 3.16. The van der Waals surface area contributed by atoms with Gasteiger partial charge in [0.15, 0.2) is 11.0 Å². The maximum absolute atomic E-state index is 12.4. The lowest BCUT2D eigenvalue weighted by molar-refractivity contribution is -0.118. The fourth-order valence-corrected chi connectivity index (χ4v) is 4.10. The minimum Gasteiger partial charge on any atom is -0.494 e. The second-order valence-corrected chi connectivity index (χ2v) is 8.45. The Morgan fingerprint density at radius 1 is 1.09 bits per heavy atom. The molecule has 1 aromatic heterocycles. The minimum absolute atomic E-state index is 0.122. The van der Waals surface area contributed by atoms with Crippen LogP contribution in [-0.4, -0.2) is 39.2 Å².